The van der Waals surface area contributed by atoms with Crippen molar-refractivity contribution in [3.8, 4) is 11.5 Å². The van der Waals surface area contributed by atoms with Crippen molar-refractivity contribution in [3.63, 3.8) is 0 Å². The molecule has 2 amide bonds. The van der Waals surface area contributed by atoms with E-state index in [2.05, 4.69) is 5.16 Å². The van der Waals surface area contributed by atoms with E-state index in [1.807, 2.05) is 44.2 Å². The molecule has 1 atom stereocenters. The third-order valence-corrected chi connectivity index (χ3v) is 6.22. The predicted molar refractivity (Wildman–Crippen MR) is 126 cm³/mol. The summed E-state index contributed by atoms with van der Waals surface area (Å²) in [4.78, 5) is 29.3. The van der Waals surface area contributed by atoms with Gasteiger partial charge in [0.2, 0.25) is 5.91 Å². The van der Waals surface area contributed by atoms with Gasteiger partial charge in [0.25, 0.3) is 5.91 Å². The second kappa shape index (κ2) is 9.99. The molecular formula is C26H29N3O5. The second-order valence-electron chi connectivity index (χ2n) is 8.34. The SMILES string of the molecule is COc1ccccc1[C@H]1CN(C(=O)c2cccc(OCc3c(C)noc3C)c2)CCN1C(C)=O. The van der Waals surface area contributed by atoms with Crippen LogP contribution in [0.25, 0.3) is 0 Å². The van der Waals surface area contributed by atoms with Crippen LogP contribution in [0, 0.1) is 13.8 Å². The number of aromatic nitrogens is 1. The van der Waals surface area contributed by atoms with Gasteiger partial charge in [0.15, 0.2) is 0 Å². The van der Waals surface area contributed by atoms with Gasteiger partial charge in [0, 0.05) is 37.7 Å². The Hall–Kier alpha value is -3.81. The lowest BCUT2D eigenvalue weighted by molar-refractivity contribution is -0.133. The smallest absolute Gasteiger partial charge is 0.254 e. The predicted octanol–water partition coefficient (Wildman–Crippen LogP) is 3.92. The number of piperazine rings is 1. The Kier molecular flexibility index (Phi) is 6.86. The summed E-state index contributed by atoms with van der Waals surface area (Å²) in [6.07, 6.45) is 0. The first-order valence-electron chi connectivity index (χ1n) is 11.2. The highest BCUT2D eigenvalue weighted by molar-refractivity contribution is 5.95. The van der Waals surface area contributed by atoms with Crippen molar-refractivity contribution in [2.24, 2.45) is 0 Å². The standard InChI is InChI=1S/C26H29N3O5/c1-17-23(18(2)34-27-17)16-33-21-9-7-8-20(14-21)26(31)28-12-13-29(19(3)30)24(15-28)22-10-5-6-11-25(22)32-4/h5-11,14,24H,12-13,15-16H2,1-4H3/t24-/m1/s1. The first-order valence-corrected chi connectivity index (χ1v) is 11.2. The van der Waals surface area contributed by atoms with Gasteiger partial charge in [-0.15, -0.1) is 0 Å². The number of benzene rings is 2. The molecule has 0 N–H and O–H groups in total. The maximum absolute atomic E-state index is 13.4. The molecule has 8 nitrogen and oxygen atoms in total. The molecule has 1 aromatic heterocycles. The molecule has 4 rings (SSSR count). The Bertz CT molecular complexity index is 1170. The van der Waals surface area contributed by atoms with Crippen LogP contribution in [-0.4, -0.2) is 53.5 Å². The van der Waals surface area contributed by atoms with Crippen LogP contribution in [0.1, 0.15) is 45.9 Å². The van der Waals surface area contributed by atoms with Gasteiger partial charge in [0.1, 0.15) is 23.9 Å². The van der Waals surface area contributed by atoms with Crippen molar-refractivity contribution >= 4 is 11.8 Å². The van der Waals surface area contributed by atoms with Crippen LogP contribution in [0.2, 0.25) is 0 Å². The Morgan fingerprint density at radius 2 is 1.91 bits per heavy atom. The largest absolute Gasteiger partial charge is 0.496 e. The van der Waals surface area contributed by atoms with E-state index < -0.39 is 0 Å². The summed E-state index contributed by atoms with van der Waals surface area (Å²) in [5.41, 5.74) is 3.10. The lowest BCUT2D eigenvalue weighted by Crippen LogP contribution is -2.51. The van der Waals surface area contributed by atoms with E-state index in [9.17, 15) is 9.59 Å². The van der Waals surface area contributed by atoms with E-state index in [4.69, 9.17) is 14.0 Å². The van der Waals surface area contributed by atoms with E-state index in [1.165, 1.54) is 0 Å². The van der Waals surface area contributed by atoms with E-state index in [1.54, 1.807) is 42.0 Å². The van der Waals surface area contributed by atoms with Crippen molar-refractivity contribution in [1.29, 1.82) is 0 Å². The fourth-order valence-corrected chi connectivity index (χ4v) is 4.32. The van der Waals surface area contributed by atoms with Crippen LogP contribution < -0.4 is 9.47 Å². The van der Waals surface area contributed by atoms with E-state index in [-0.39, 0.29) is 17.9 Å². The van der Waals surface area contributed by atoms with Crippen LogP contribution in [0.5, 0.6) is 11.5 Å². The number of hydrogen-bond acceptors (Lipinski definition) is 6. The van der Waals surface area contributed by atoms with Gasteiger partial charge in [0.05, 0.1) is 24.4 Å². The molecule has 0 saturated carbocycles. The summed E-state index contributed by atoms with van der Waals surface area (Å²) in [6.45, 7) is 6.86. The number of aryl methyl sites for hydroxylation is 2. The third-order valence-electron chi connectivity index (χ3n) is 6.22. The summed E-state index contributed by atoms with van der Waals surface area (Å²) in [7, 11) is 1.61. The molecule has 1 saturated heterocycles. The molecule has 2 aromatic carbocycles. The van der Waals surface area contributed by atoms with Crippen molar-refractivity contribution in [2.45, 2.75) is 33.4 Å². The number of ether oxygens (including phenoxy) is 2. The lowest BCUT2D eigenvalue weighted by Gasteiger charge is -2.41. The fraction of sp³-hybridized carbons (Fsp3) is 0.346. The molecule has 1 aliphatic rings. The minimum atomic E-state index is -0.287. The summed E-state index contributed by atoms with van der Waals surface area (Å²) in [5, 5.41) is 3.95. The van der Waals surface area contributed by atoms with Crippen molar-refractivity contribution < 1.29 is 23.6 Å². The van der Waals surface area contributed by atoms with Gasteiger partial charge >= 0.3 is 0 Å². The Balaban J connectivity index is 1.52. The highest BCUT2D eigenvalue weighted by atomic mass is 16.5. The number of hydrogen-bond donors (Lipinski definition) is 0. The van der Waals surface area contributed by atoms with Crippen LogP contribution in [0.15, 0.2) is 53.1 Å². The molecule has 0 radical (unpaired) electrons. The minimum Gasteiger partial charge on any atom is -0.496 e. The normalized spacial score (nSPS) is 15.8. The maximum Gasteiger partial charge on any atom is 0.254 e. The first kappa shape index (κ1) is 23.4. The molecule has 0 spiro atoms. The van der Waals surface area contributed by atoms with Crippen LogP contribution in [-0.2, 0) is 11.4 Å². The van der Waals surface area contributed by atoms with Gasteiger partial charge in [-0.1, -0.05) is 29.4 Å². The summed E-state index contributed by atoms with van der Waals surface area (Å²) < 4.78 is 16.6. The van der Waals surface area contributed by atoms with Crippen LogP contribution in [0.4, 0.5) is 0 Å². The lowest BCUT2D eigenvalue weighted by atomic mass is 10.00. The average molecular weight is 464 g/mol. The van der Waals surface area contributed by atoms with Gasteiger partial charge in [-0.25, -0.2) is 0 Å². The molecule has 0 bridgehead atoms. The zero-order chi connectivity index (χ0) is 24.2. The number of rotatable bonds is 6. The Labute approximate surface area is 199 Å². The first-order chi connectivity index (χ1) is 16.4. The highest BCUT2D eigenvalue weighted by Crippen LogP contribution is 2.33. The Morgan fingerprint density at radius 1 is 1.12 bits per heavy atom. The molecule has 3 aromatic rings. The van der Waals surface area contributed by atoms with Gasteiger partial charge in [-0.2, -0.15) is 0 Å². The zero-order valence-electron chi connectivity index (χ0n) is 19.9. The number of para-hydroxylation sites is 1. The monoisotopic (exact) mass is 463 g/mol. The number of carbonyl (C=O) groups excluding carboxylic acids is 2. The molecule has 2 heterocycles. The number of methoxy groups -OCH3 is 1. The maximum atomic E-state index is 13.4. The van der Waals surface area contributed by atoms with E-state index >= 15 is 0 Å². The average Bonchev–Trinajstić information content (AvgIpc) is 3.18. The van der Waals surface area contributed by atoms with E-state index in [0.717, 1.165) is 22.6 Å². The molecule has 1 fully saturated rings. The molecule has 0 unspecified atom stereocenters. The molecule has 34 heavy (non-hydrogen) atoms. The number of carbonyl (C=O) groups is 2. The Morgan fingerprint density at radius 3 is 2.62 bits per heavy atom. The summed E-state index contributed by atoms with van der Waals surface area (Å²) in [6, 6.07) is 14.5. The molecule has 0 aliphatic carbocycles. The minimum absolute atomic E-state index is 0.0299. The van der Waals surface area contributed by atoms with Crippen molar-refractivity contribution in [2.75, 3.05) is 26.7 Å². The van der Waals surface area contributed by atoms with E-state index in [0.29, 0.717) is 43.3 Å². The summed E-state index contributed by atoms with van der Waals surface area (Å²) >= 11 is 0. The van der Waals surface area contributed by atoms with Crippen molar-refractivity contribution in [1.82, 2.24) is 15.0 Å². The number of amides is 2. The second-order valence-corrected chi connectivity index (χ2v) is 8.34. The molecular weight excluding hydrogens is 434 g/mol. The van der Waals surface area contributed by atoms with Gasteiger partial charge in [-0.3, -0.25) is 9.59 Å². The third kappa shape index (κ3) is 4.76. The topological polar surface area (TPSA) is 85.1 Å². The van der Waals surface area contributed by atoms with Crippen LogP contribution in [0.3, 0.4) is 0 Å². The molecule has 1 aliphatic heterocycles. The van der Waals surface area contributed by atoms with Gasteiger partial charge < -0.3 is 23.8 Å². The van der Waals surface area contributed by atoms with Gasteiger partial charge in [-0.05, 0) is 38.1 Å². The van der Waals surface area contributed by atoms with Crippen molar-refractivity contribution in [3.05, 3.63) is 76.7 Å². The van der Waals surface area contributed by atoms with Crippen LogP contribution >= 0.6 is 0 Å². The quantitative estimate of drug-likeness (QED) is 0.551. The fourth-order valence-electron chi connectivity index (χ4n) is 4.32. The summed E-state index contributed by atoms with van der Waals surface area (Å²) in [5.74, 6) is 1.87. The highest BCUT2D eigenvalue weighted by Gasteiger charge is 2.34. The number of nitrogens with zero attached hydrogens (tertiary/aromatic N) is 3. The molecule has 8 heteroatoms. The molecule has 178 valence electrons. The zero-order valence-corrected chi connectivity index (χ0v) is 19.9.